The number of rotatable bonds is 6. The van der Waals surface area contributed by atoms with Gasteiger partial charge >= 0.3 is 6.18 Å². The largest absolute Gasteiger partial charge is 0.419 e. The standard InChI is InChI=1S/C22H24F4N2O4/c23-18-12-15(1-2-17(18)22(24,25)26)20-16(13-28-5-9-31-10-6-28)21(32-27-20)19(29)11-14-3-7-30-8-4-14/h1-2,12,14H,3-11,13H2. The van der Waals surface area contributed by atoms with Gasteiger partial charge in [-0.15, -0.1) is 0 Å². The van der Waals surface area contributed by atoms with Crippen molar-refractivity contribution < 1.29 is 36.4 Å². The van der Waals surface area contributed by atoms with E-state index in [1.807, 2.05) is 4.90 Å². The average Bonchev–Trinajstić information content (AvgIpc) is 3.18. The van der Waals surface area contributed by atoms with Gasteiger partial charge in [-0.1, -0.05) is 11.2 Å². The molecule has 10 heteroatoms. The molecule has 0 spiro atoms. The van der Waals surface area contributed by atoms with E-state index in [1.165, 1.54) is 0 Å². The predicted octanol–water partition coefficient (Wildman–Crippen LogP) is 4.33. The first-order valence-electron chi connectivity index (χ1n) is 10.6. The van der Waals surface area contributed by atoms with Crippen molar-refractivity contribution in [1.82, 2.24) is 10.1 Å². The van der Waals surface area contributed by atoms with Crippen LogP contribution in [0.3, 0.4) is 0 Å². The van der Waals surface area contributed by atoms with E-state index < -0.39 is 17.6 Å². The molecule has 0 atom stereocenters. The molecule has 6 nitrogen and oxygen atoms in total. The van der Waals surface area contributed by atoms with Crippen LogP contribution >= 0.6 is 0 Å². The molecule has 4 rings (SSSR count). The van der Waals surface area contributed by atoms with Crippen molar-refractivity contribution in [2.24, 2.45) is 5.92 Å². The zero-order valence-corrected chi connectivity index (χ0v) is 17.4. The van der Waals surface area contributed by atoms with Crippen molar-refractivity contribution in [1.29, 1.82) is 0 Å². The Kier molecular flexibility index (Phi) is 6.92. The molecule has 32 heavy (non-hydrogen) atoms. The minimum Gasteiger partial charge on any atom is -0.381 e. The number of carbonyl (C=O) groups is 1. The minimum atomic E-state index is -4.80. The number of ketones is 1. The molecule has 2 aliphatic rings. The van der Waals surface area contributed by atoms with Gasteiger partial charge in [-0.25, -0.2) is 4.39 Å². The maximum Gasteiger partial charge on any atom is 0.419 e. The summed E-state index contributed by atoms with van der Waals surface area (Å²) in [7, 11) is 0. The number of benzene rings is 1. The number of alkyl halides is 3. The number of hydrogen-bond acceptors (Lipinski definition) is 6. The molecule has 1 aromatic carbocycles. The Bertz CT molecular complexity index is 948. The quantitative estimate of drug-likeness (QED) is 0.476. The first kappa shape index (κ1) is 22.9. The van der Waals surface area contributed by atoms with Crippen LogP contribution in [0.5, 0.6) is 0 Å². The number of ether oxygens (including phenoxy) is 2. The van der Waals surface area contributed by atoms with Crippen LogP contribution in [0.1, 0.15) is 40.9 Å². The van der Waals surface area contributed by atoms with Crippen LogP contribution in [-0.2, 0) is 22.2 Å². The van der Waals surface area contributed by atoms with Gasteiger partial charge in [-0.05, 0) is 30.9 Å². The summed E-state index contributed by atoms with van der Waals surface area (Å²) in [5.41, 5.74) is -0.578. The molecular formula is C22H24F4N2O4. The fourth-order valence-electron chi connectivity index (χ4n) is 4.08. The Hall–Kier alpha value is -2.30. The average molecular weight is 456 g/mol. The van der Waals surface area contributed by atoms with Gasteiger partial charge in [0.2, 0.25) is 11.5 Å². The first-order valence-corrected chi connectivity index (χ1v) is 10.6. The van der Waals surface area contributed by atoms with Gasteiger partial charge in [0, 0.05) is 50.4 Å². The van der Waals surface area contributed by atoms with E-state index in [-0.39, 0.29) is 35.1 Å². The maximum absolute atomic E-state index is 14.2. The third-order valence-corrected chi connectivity index (χ3v) is 5.89. The second-order valence-electron chi connectivity index (χ2n) is 8.10. The van der Waals surface area contributed by atoms with Crippen LogP contribution in [0.2, 0.25) is 0 Å². The van der Waals surface area contributed by atoms with Gasteiger partial charge in [0.1, 0.15) is 11.5 Å². The minimum absolute atomic E-state index is 0.0817. The van der Waals surface area contributed by atoms with Crippen molar-refractivity contribution in [2.75, 3.05) is 39.5 Å². The highest BCUT2D eigenvalue weighted by Gasteiger charge is 2.35. The number of halogens is 4. The monoisotopic (exact) mass is 456 g/mol. The summed E-state index contributed by atoms with van der Waals surface area (Å²) in [5, 5.41) is 3.97. The van der Waals surface area contributed by atoms with E-state index in [0.717, 1.165) is 25.0 Å². The van der Waals surface area contributed by atoms with Gasteiger partial charge < -0.3 is 14.0 Å². The number of aromatic nitrogens is 1. The second-order valence-corrected chi connectivity index (χ2v) is 8.10. The summed E-state index contributed by atoms with van der Waals surface area (Å²) in [6, 6.07) is 2.62. The number of morpholine rings is 1. The summed E-state index contributed by atoms with van der Waals surface area (Å²) in [5.74, 6) is -1.36. The summed E-state index contributed by atoms with van der Waals surface area (Å²) < 4.78 is 69.2. The van der Waals surface area contributed by atoms with Crippen molar-refractivity contribution in [3.63, 3.8) is 0 Å². The topological polar surface area (TPSA) is 64.8 Å². The van der Waals surface area contributed by atoms with Crippen LogP contribution in [0.15, 0.2) is 22.7 Å². The van der Waals surface area contributed by atoms with Crippen LogP contribution < -0.4 is 0 Å². The summed E-state index contributed by atoms with van der Waals surface area (Å²) in [4.78, 5) is 15.1. The Labute approximate surface area is 182 Å². The zero-order chi connectivity index (χ0) is 22.7. The normalized spacial score (nSPS) is 18.8. The lowest BCUT2D eigenvalue weighted by atomic mass is 9.92. The molecule has 0 aliphatic carbocycles. The van der Waals surface area contributed by atoms with Gasteiger partial charge in [0.15, 0.2) is 0 Å². The van der Waals surface area contributed by atoms with E-state index in [1.54, 1.807) is 0 Å². The molecular weight excluding hydrogens is 432 g/mol. The lowest BCUT2D eigenvalue weighted by Gasteiger charge is -2.26. The van der Waals surface area contributed by atoms with Gasteiger partial charge in [-0.3, -0.25) is 9.69 Å². The van der Waals surface area contributed by atoms with Crippen molar-refractivity contribution >= 4 is 5.78 Å². The van der Waals surface area contributed by atoms with Crippen molar-refractivity contribution in [3.05, 3.63) is 40.9 Å². The molecule has 0 N–H and O–H groups in total. The van der Waals surface area contributed by atoms with Crippen LogP contribution in [0, 0.1) is 11.7 Å². The molecule has 2 saturated heterocycles. The molecule has 0 radical (unpaired) electrons. The highest BCUT2D eigenvalue weighted by molar-refractivity contribution is 5.96. The Morgan fingerprint density at radius 3 is 2.44 bits per heavy atom. The molecule has 0 amide bonds. The lowest BCUT2D eigenvalue weighted by molar-refractivity contribution is -0.139. The van der Waals surface area contributed by atoms with Crippen LogP contribution in [0.25, 0.3) is 11.3 Å². The highest BCUT2D eigenvalue weighted by Crippen LogP contribution is 2.35. The Morgan fingerprint density at radius 1 is 1.09 bits per heavy atom. The van der Waals surface area contributed by atoms with Gasteiger partial charge in [0.25, 0.3) is 0 Å². The molecule has 3 heterocycles. The predicted molar refractivity (Wildman–Crippen MR) is 105 cm³/mol. The molecule has 0 bridgehead atoms. The molecule has 0 saturated carbocycles. The van der Waals surface area contributed by atoms with E-state index in [9.17, 15) is 22.4 Å². The second kappa shape index (κ2) is 9.68. The van der Waals surface area contributed by atoms with Crippen molar-refractivity contribution in [3.8, 4) is 11.3 Å². The fourth-order valence-corrected chi connectivity index (χ4v) is 4.08. The van der Waals surface area contributed by atoms with Gasteiger partial charge in [0.05, 0.1) is 18.8 Å². The first-order chi connectivity index (χ1) is 15.3. The fraction of sp³-hybridized carbons (Fsp3) is 0.545. The molecule has 2 aromatic rings. The van der Waals surface area contributed by atoms with E-state index in [0.29, 0.717) is 57.7 Å². The van der Waals surface area contributed by atoms with E-state index >= 15 is 0 Å². The number of nitrogens with zero attached hydrogens (tertiary/aromatic N) is 2. The number of hydrogen-bond donors (Lipinski definition) is 0. The molecule has 1 aromatic heterocycles. The third-order valence-electron chi connectivity index (χ3n) is 5.89. The summed E-state index contributed by atoms with van der Waals surface area (Å²) >= 11 is 0. The third kappa shape index (κ3) is 5.19. The summed E-state index contributed by atoms with van der Waals surface area (Å²) in [6.07, 6.45) is -2.98. The maximum atomic E-state index is 14.2. The van der Waals surface area contributed by atoms with Crippen molar-refractivity contribution in [2.45, 2.75) is 32.0 Å². The van der Waals surface area contributed by atoms with Gasteiger partial charge in [-0.2, -0.15) is 13.2 Å². The highest BCUT2D eigenvalue weighted by atomic mass is 19.4. The smallest absolute Gasteiger partial charge is 0.381 e. The van der Waals surface area contributed by atoms with E-state index in [4.69, 9.17) is 14.0 Å². The zero-order valence-electron chi connectivity index (χ0n) is 17.4. The number of carbonyl (C=O) groups excluding carboxylic acids is 1. The Balaban J connectivity index is 1.65. The summed E-state index contributed by atoms with van der Waals surface area (Å²) in [6.45, 7) is 3.82. The number of Topliss-reactive ketones (excluding diaryl/α,β-unsaturated/α-hetero) is 1. The van der Waals surface area contributed by atoms with E-state index in [2.05, 4.69) is 5.16 Å². The van der Waals surface area contributed by atoms with Crippen LogP contribution in [-0.4, -0.2) is 55.4 Å². The van der Waals surface area contributed by atoms with Crippen LogP contribution in [0.4, 0.5) is 17.6 Å². The molecule has 0 unspecified atom stereocenters. The Morgan fingerprint density at radius 2 is 1.78 bits per heavy atom. The molecule has 2 aliphatic heterocycles. The lowest BCUT2D eigenvalue weighted by Crippen LogP contribution is -2.36. The SMILES string of the molecule is O=C(CC1CCOCC1)c1onc(-c2ccc(C(F)(F)F)c(F)c2)c1CN1CCOCC1. The molecule has 2 fully saturated rings. The molecule has 174 valence electrons.